The van der Waals surface area contributed by atoms with Crippen molar-refractivity contribution in [3.8, 4) is 0 Å². The Morgan fingerprint density at radius 2 is 1.03 bits per heavy atom. The van der Waals surface area contributed by atoms with Crippen LogP contribution in [0.1, 0.15) is 187 Å². The standard InChI is InChI=1S/C49H82N2O7/c1-3-5-7-9-11-13-14-15-16-17-18-19-20-21-22-23-24-25-26-27-29-31-37-41-48(55)58-44(38-34-30-28-12-10-8-6-4-2)39-35-32-33-36-40-46(53)50-42-47(54)51-45(43-52)49(56)57/h6,8,12,14-15,17-18,20-21,28,34,38,44-45,52H,3-5,7,9-11,13,16,19,22-27,29-33,35-37,39-43H2,1-2H3,(H,50,53)(H,51,54)(H,56,57)/b8-6-,15-14-,18-17-,21-20-,28-12-,38-34-. The summed E-state index contributed by atoms with van der Waals surface area (Å²) in [5, 5.41) is 22.5. The molecule has 0 fully saturated rings. The van der Waals surface area contributed by atoms with Gasteiger partial charge in [0.1, 0.15) is 12.1 Å². The van der Waals surface area contributed by atoms with E-state index >= 15 is 0 Å². The van der Waals surface area contributed by atoms with E-state index in [4.69, 9.17) is 14.9 Å². The first-order valence-electron chi connectivity index (χ1n) is 22.8. The third-order valence-corrected chi connectivity index (χ3v) is 9.67. The molecule has 0 aliphatic rings. The highest BCUT2D eigenvalue weighted by Crippen LogP contribution is 2.15. The highest BCUT2D eigenvalue weighted by molar-refractivity contribution is 5.87. The number of hydrogen-bond donors (Lipinski definition) is 4. The highest BCUT2D eigenvalue weighted by atomic mass is 16.5. The second kappa shape index (κ2) is 42.9. The maximum atomic E-state index is 12.7. The number of carboxylic acid groups (broad SMARTS) is 1. The van der Waals surface area contributed by atoms with Gasteiger partial charge in [-0.15, -0.1) is 0 Å². The Balaban J connectivity index is 4.20. The number of carbonyl (C=O) groups excluding carboxylic acids is 3. The van der Waals surface area contributed by atoms with Crippen LogP contribution in [0, 0.1) is 0 Å². The molecule has 0 bridgehead atoms. The number of aliphatic hydroxyl groups excluding tert-OH is 1. The van der Waals surface area contributed by atoms with Crippen LogP contribution in [-0.2, 0) is 23.9 Å². The first-order valence-corrected chi connectivity index (χ1v) is 22.8. The lowest BCUT2D eigenvalue weighted by Crippen LogP contribution is -2.47. The number of unbranched alkanes of at least 4 members (excludes halogenated alkanes) is 16. The minimum atomic E-state index is -1.40. The molecule has 0 aliphatic heterocycles. The average Bonchev–Trinajstić information content (AvgIpc) is 3.21. The Bertz CT molecular complexity index is 1200. The number of ether oxygens (including phenoxy) is 1. The van der Waals surface area contributed by atoms with Crippen LogP contribution in [0.25, 0.3) is 0 Å². The molecule has 0 radical (unpaired) electrons. The molecule has 0 aliphatic carbocycles. The van der Waals surface area contributed by atoms with Crippen LogP contribution in [0.15, 0.2) is 72.9 Å². The normalized spacial score (nSPS) is 13.2. The quantitative estimate of drug-likeness (QED) is 0.0274. The SMILES string of the molecule is CC/C=C\C/C=C\C/C=C\C(CCCCCCC(=O)NCC(=O)NC(CO)C(=O)O)OC(=O)CCCCCCCCCC/C=C\C/C=C\C/C=C\CCCCCCC. The molecular formula is C49H82N2O7. The van der Waals surface area contributed by atoms with Gasteiger partial charge < -0.3 is 25.6 Å². The summed E-state index contributed by atoms with van der Waals surface area (Å²) >= 11 is 0. The van der Waals surface area contributed by atoms with Crippen molar-refractivity contribution in [1.82, 2.24) is 10.6 Å². The third kappa shape index (κ3) is 39.1. The minimum absolute atomic E-state index is 0.145. The van der Waals surface area contributed by atoms with Gasteiger partial charge in [-0.2, -0.15) is 0 Å². The van der Waals surface area contributed by atoms with E-state index in [1.807, 2.05) is 6.08 Å². The molecule has 2 amide bonds. The van der Waals surface area contributed by atoms with Crippen molar-refractivity contribution < 1.29 is 34.1 Å². The molecule has 2 atom stereocenters. The van der Waals surface area contributed by atoms with Gasteiger partial charge in [-0.3, -0.25) is 14.4 Å². The summed E-state index contributed by atoms with van der Waals surface area (Å²) in [6.07, 6.45) is 53.9. The molecule has 0 rings (SSSR count). The van der Waals surface area contributed by atoms with Crippen LogP contribution in [-0.4, -0.2) is 59.3 Å². The summed E-state index contributed by atoms with van der Waals surface area (Å²) in [6.45, 7) is 3.30. The number of rotatable bonds is 40. The van der Waals surface area contributed by atoms with Gasteiger partial charge in [0.15, 0.2) is 0 Å². The molecule has 0 saturated heterocycles. The number of aliphatic carboxylic acids is 1. The van der Waals surface area contributed by atoms with E-state index in [1.165, 1.54) is 70.6 Å². The van der Waals surface area contributed by atoms with Crippen molar-refractivity contribution in [2.24, 2.45) is 0 Å². The fraction of sp³-hybridized carbons (Fsp3) is 0.673. The molecule has 4 N–H and O–H groups in total. The van der Waals surface area contributed by atoms with Crippen LogP contribution in [0.4, 0.5) is 0 Å². The van der Waals surface area contributed by atoms with E-state index in [-0.39, 0.29) is 30.9 Å². The Morgan fingerprint density at radius 3 is 1.59 bits per heavy atom. The molecule has 0 saturated carbocycles. The van der Waals surface area contributed by atoms with E-state index in [0.29, 0.717) is 12.8 Å². The van der Waals surface area contributed by atoms with Crippen LogP contribution in [0.2, 0.25) is 0 Å². The van der Waals surface area contributed by atoms with Gasteiger partial charge in [-0.05, 0) is 89.5 Å². The van der Waals surface area contributed by atoms with Crippen molar-refractivity contribution in [2.45, 2.75) is 199 Å². The van der Waals surface area contributed by atoms with Crippen LogP contribution in [0.3, 0.4) is 0 Å². The Morgan fingerprint density at radius 1 is 0.552 bits per heavy atom. The van der Waals surface area contributed by atoms with Crippen LogP contribution < -0.4 is 10.6 Å². The van der Waals surface area contributed by atoms with Crippen molar-refractivity contribution >= 4 is 23.8 Å². The molecule has 0 heterocycles. The topological polar surface area (TPSA) is 142 Å². The van der Waals surface area contributed by atoms with E-state index in [1.54, 1.807) is 0 Å². The third-order valence-electron chi connectivity index (χ3n) is 9.67. The van der Waals surface area contributed by atoms with Gasteiger partial charge in [-0.25, -0.2) is 4.79 Å². The maximum absolute atomic E-state index is 12.7. The number of amides is 2. The first kappa shape index (κ1) is 54.3. The number of nitrogens with one attached hydrogen (secondary N) is 2. The Labute approximate surface area is 353 Å². The lowest BCUT2D eigenvalue weighted by molar-refractivity contribution is -0.147. The monoisotopic (exact) mass is 811 g/mol. The molecule has 0 aromatic carbocycles. The summed E-state index contributed by atoms with van der Waals surface area (Å²) in [4.78, 5) is 47.6. The van der Waals surface area contributed by atoms with Crippen molar-refractivity contribution in [3.63, 3.8) is 0 Å². The number of allylic oxidation sites excluding steroid dienone is 11. The largest absolute Gasteiger partial charge is 0.480 e. The zero-order valence-electron chi connectivity index (χ0n) is 36.5. The summed E-state index contributed by atoms with van der Waals surface area (Å²) in [6, 6.07) is -1.40. The number of esters is 1. The zero-order chi connectivity index (χ0) is 42.6. The number of carbonyl (C=O) groups is 4. The summed E-state index contributed by atoms with van der Waals surface area (Å²) in [7, 11) is 0. The second-order valence-corrected chi connectivity index (χ2v) is 15.1. The lowest BCUT2D eigenvalue weighted by Gasteiger charge is -2.15. The van der Waals surface area contributed by atoms with Crippen LogP contribution in [0.5, 0.6) is 0 Å². The molecule has 9 heteroatoms. The van der Waals surface area contributed by atoms with Gasteiger partial charge in [0.2, 0.25) is 11.8 Å². The van der Waals surface area contributed by atoms with Gasteiger partial charge in [0.05, 0.1) is 13.2 Å². The predicted octanol–water partition coefficient (Wildman–Crippen LogP) is 11.5. The van der Waals surface area contributed by atoms with Gasteiger partial charge >= 0.3 is 11.9 Å². The second-order valence-electron chi connectivity index (χ2n) is 15.1. The fourth-order valence-electron chi connectivity index (χ4n) is 6.18. The van der Waals surface area contributed by atoms with Gasteiger partial charge in [0.25, 0.3) is 0 Å². The lowest BCUT2D eigenvalue weighted by atomic mass is 10.1. The molecule has 9 nitrogen and oxygen atoms in total. The maximum Gasteiger partial charge on any atom is 0.328 e. The average molecular weight is 811 g/mol. The van der Waals surface area contributed by atoms with Gasteiger partial charge in [0, 0.05) is 12.8 Å². The summed E-state index contributed by atoms with van der Waals surface area (Å²) in [5.74, 6) is -2.45. The fourth-order valence-corrected chi connectivity index (χ4v) is 6.18. The summed E-state index contributed by atoms with van der Waals surface area (Å²) in [5.41, 5.74) is 0. The van der Waals surface area contributed by atoms with Crippen molar-refractivity contribution in [1.29, 1.82) is 0 Å². The highest BCUT2D eigenvalue weighted by Gasteiger charge is 2.18. The molecule has 330 valence electrons. The van der Waals surface area contributed by atoms with Crippen molar-refractivity contribution in [3.05, 3.63) is 72.9 Å². The zero-order valence-corrected chi connectivity index (χ0v) is 36.5. The number of carboxylic acids is 1. The van der Waals surface area contributed by atoms with Gasteiger partial charge in [-0.1, -0.05) is 158 Å². The van der Waals surface area contributed by atoms with E-state index in [0.717, 1.165) is 83.5 Å². The van der Waals surface area contributed by atoms with E-state index in [2.05, 4.69) is 91.3 Å². The van der Waals surface area contributed by atoms with Crippen LogP contribution >= 0.6 is 0 Å². The molecule has 2 unspecified atom stereocenters. The Hall–Kier alpha value is -3.72. The smallest absolute Gasteiger partial charge is 0.328 e. The van der Waals surface area contributed by atoms with E-state index in [9.17, 15) is 19.2 Å². The molecular weight excluding hydrogens is 729 g/mol. The molecule has 58 heavy (non-hydrogen) atoms. The Kier molecular flexibility index (Phi) is 40.1. The first-order chi connectivity index (χ1) is 28.3. The van der Waals surface area contributed by atoms with Crippen molar-refractivity contribution in [2.75, 3.05) is 13.2 Å². The molecule has 0 aromatic heterocycles. The summed E-state index contributed by atoms with van der Waals surface area (Å²) < 4.78 is 5.88. The predicted molar refractivity (Wildman–Crippen MR) is 240 cm³/mol. The minimum Gasteiger partial charge on any atom is -0.480 e. The molecule has 0 aromatic rings. The number of hydrogen-bond acceptors (Lipinski definition) is 6. The number of aliphatic hydroxyl groups is 1. The molecule has 0 spiro atoms. The van der Waals surface area contributed by atoms with E-state index < -0.39 is 24.5 Å².